The summed E-state index contributed by atoms with van der Waals surface area (Å²) in [5.41, 5.74) is 2.80. The lowest BCUT2D eigenvalue weighted by atomic mass is 9.87. The van der Waals surface area contributed by atoms with Crippen molar-refractivity contribution < 1.29 is 4.79 Å². The van der Waals surface area contributed by atoms with Crippen LogP contribution in [0.4, 0.5) is 0 Å². The largest absolute Gasteiger partial charge is 0.355 e. The molecule has 0 fully saturated rings. The van der Waals surface area contributed by atoms with E-state index in [4.69, 9.17) is 0 Å². The molecule has 136 valence electrons. The van der Waals surface area contributed by atoms with E-state index in [0.29, 0.717) is 5.75 Å². The summed E-state index contributed by atoms with van der Waals surface area (Å²) in [7, 11) is 0. The van der Waals surface area contributed by atoms with Gasteiger partial charge in [-0.3, -0.25) is 4.79 Å². The summed E-state index contributed by atoms with van der Waals surface area (Å²) in [6.07, 6.45) is 0.951. The third kappa shape index (κ3) is 6.99. The van der Waals surface area contributed by atoms with Crippen LogP contribution in [0.15, 0.2) is 32.9 Å². The zero-order valence-corrected chi connectivity index (χ0v) is 17.6. The van der Waals surface area contributed by atoms with Gasteiger partial charge in [-0.05, 0) is 23.0 Å². The number of hydrogen-bond donors (Lipinski definition) is 1. The molecule has 25 heavy (non-hydrogen) atoms. The van der Waals surface area contributed by atoms with Crippen LogP contribution in [0.3, 0.4) is 0 Å². The Bertz CT molecular complexity index is 678. The van der Waals surface area contributed by atoms with E-state index in [2.05, 4.69) is 60.6 Å². The molecule has 4 nitrogen and oxygen atoms in total. The standard InChI is InChI=1S/C18H25N3OS3/c1-5-10-19-15(22)12-24-17-21-20-16(25-17)23-11-13-6-8-14(9-7-13)18(2,3)4/h6-9H,5,10-12H2,1-4H3,(H,19,22). The minimum atomic E-state index is 0.0511. The van der Waals surface area contributed by atoms with Crippen LogP contribution < -0.4 is 5.32 Å². The Morgan fingerprint density at radius 3 is 2.36 bits per heavy atom. The van der Waals surface area contributed by atoms with Crippen LogP contribution in [-0.4, -0.2) is 28.4 Å². The number of nitrogens with zero attached hydrogens (tertiary/aromatic N) is 2. The maximum Gasteiger partial charge on any atom is 0.230 e. The van der Waals surface area contributed by atoms with E-state index in [1.165, 1.54) is 22.9 Å². The summed E-state index contributed by atoms with van der Waals surface area (Å²) in [5, 5.41) is 11.2. The first kappa shape index (κ1) is 20.3. The van der Waals surface area contributed by atoms with Crippen LogP contribution >= 0.6 is 34.9 Å². The van der Waals surface area contributed by atoms with Gasteiger partial charge in [0.15, 0.2) is 8.68 Å². The van der Waals surface area contributed by atoms with Crippen molar-refractivity contribution in [2.24, 2.45) is 0 Å². The van der Waals surface area contributed by atoms with E-state index in [1.807, 2.05) is 6.92 Å². The third-order valence-electron chi connectivity index (χ3n) is 3.47. The molecule has 1 amide bonds. The molecule has 0 radical (unpaired) electrons. The molecule has 1 aromatic carbocycles. The lowest BCUT2D eigenvalue weighted by molar-refractivity contribution is -0.118. The Balaban J connectivity index is 1.80. The molecule has 1 heterocycles. The first-order chi connectivity index (χ1) is 11.9. The summed E-state index contributed by atoms with van der Waals surface area (Å²) < 4.78 is 1.79. The Kier molecular flexibility index (Phi) is 7.78. The van der Waals surface area contributed by atoms with E-state index in [-0.39, 0.29) is 11.3 Å². The van der Waals surface area contributed by atoms with E-state index >= 15 is 0 Å². The number of nitrogens with one attached hydrogen (secondary N) is 1. The zero-order chi connectivity index (χ0) is 18.3. The van der Waals surface area contributed by atoms with Crippen LogP contribution in [0.1, 0.15) is 45.2 Å². The highest BCUT2D eigenvalue weighted by molar-refractivity contribution is 8.03. The SMILES string of the molecule is CCCNC(=O)CSc1nnc(SCc2ccc(C(C)(C)C)cc2)s1. The molecule has 0 spiro atoms. The van der Waals surface area contributed by atoms with Crippen molar-refractivity contribution in [2.45, 2.75) is 54.0 Å². The van der Waals surface area contributed by atoms with Crippen molar-refractivity contribution in [1.82, 2.24) is 15.5 Å². The number of carbonyl (C=O) groups excluding carboxylic acids is 1. The number of hydrogen-bond acceptors (Lipinski definition) is 6. The molecule has 0 aliphatic carbocycles. The molecule has 2 aromatic rings. The number of amides is 1. The van der Waals surface area contributed by atoms with Crippen molar-refractivity contribution in [2.75, 3.05) is 12.3 Å². The minimum Gasteiger partial charge on any atom is -0.355 e. The zero-order valence-electron chi connectivity index (χ0n) is 15.2. The number of carbonyl (C=O) groups is 1. The monoisotopic (exact) mass is 395 g/mol. The van der Waals surface area contributed by atoms with Gasteiger partial charge in [0.25, 0.3) is 0 Å². The molecule has 1 aromatic heterocycles. The van der Waals surface area contributed by atoms with Gasteiger partial charge in [-0.2, -0.15) is 0 Å². The summed E-state index contributed by atoms with van der Waals surface area (Å²) in [5.74, 6) is 1.32. The number of benzene rings is 1. The second kappa shape index (κ2) is 9.59. The molecule has 0 bridgehead atoms. The second-order valence-electron chi connectivity index (χ2n) is 6.71. The highest BCUT2D eigenvalue weighted by Gasteiger charge is 2.13. The molecular formula is C18H25N3OS3. The fourth-order valence-corrected chi connectivity index (χ4v) is 4.81. The normalized spacial score (nSPS) is 11.5. The number of rotatable bonds is 8. The van der Waals surface area contributed by atoms with Crippen LogP contribution in [0, 0.1) is 0 Å². The third-order valence-corrected chi connectivity index (χ3v) is 6.73. The van der Waals surface area contributed by atoms with Gasteiger partial charge in [0.1, 0.15) is 0 Å². The second-order valence-corrected chi connectivity index (χ2v) is 10.1. The van der Waals surface area contributed by atoms with Gasteiger partial charge in [-0.25, -0.2) is 0 Å². The molecule has 7 heteroatoms. The van der Waals surface area contributed by atoms with Crippen molar-refractivity contribution >= 4 is 40.8 Å². The first-order valence-electron chi connectivity index (χ1n) is 8.33. The van der Waals surface area contributed by atoms with E-state index in [1.54, 1.807) is 23.1 Å². The predicted molar refractivity (Wildman–Crippen MR) is 109 cm³/mol. The van der Waals surface area contributed by atoms with Gasteiger partial charge < -0.3 is 5.32 Å². The van der Waals surface area contributed by atoms with Crippen LogP contribution in [0.25, 0.3) is 0 Å². The quantitative estimate of drug-likeness (QED) is 0.654. The fourth-order valence-electron chi connectivity index (χ4n) is 2.00. The Hall–Kier alpha value is -1.05. The molecule has 0 aliphatic heterocycles. The van der Waals surface area contributed by atoms with E-state index in [0.717, 1.165) is 27.4 Å². The molecule has 0 atom stereocenters. The van der Waals surface area contributed by atoms with Gasteiger partial charge in [-0.1, -0.05) is 86.8 Å². The van der Waals surface area contributed by atoms with Crippen molar-refractivity contribution in [3.63, 3.8) is 0 Å². The van der Waals surface area contributed by atoms with Gasteiger partial charge in [0.2, 0.25) is 5.91 Å². The van der Waals surface area contributed by atoms with Gasteiger partial charge in [0.05, 0.1) is 5.75 Å². The highest BCUT2D eigenvalue weighted by atomic mass is 32.2. The van der Waals surface area contributed by atoms with E-state index < -0.39 is 0 Å². The molecule has 0 saturated heterocycles. The van der Waals surface area contributed by atoms with Gasteiger partial charge in [-0.15, -0.1) is 10.2 Å². The van der Waals surface area contributed by atoms with Crippen LogP contribution in [0.5, 0.6) is 0 Å². The van der Waals surface area contributed by atoms with Crippen LogP contribution in [0.2, 0.25) is 0 Å². The maximum absolute atomic E-state index is 11.6. The van der Waals surface area contributed by atoms with Crippen molar-refractivity contribution in [3.8, 4) is 0 Å². The smallest absolute Gasteiger partial charge is 0.230 e. The Morgan fingerprint density at radius 2 is 1.76 bits per heavy atom. The summed E-state index contributed by atoms with van der Waals surface area (Å²) in [6.45, 7) is 9.43. The van der Waals surface area contributed by atoms with Crippen LogP contribution in [-0.2, 0) is 16.0 Å². The number of aromatic nitrogens is 2. The first-order valence-corrected chi connectivity index (χ1v) is 11.1. The van der Waals surface area contributed by atoms with Gasteiger partial charge in [0, 0.05) is 12.3 Å². The average Bonchev–Trinajstić information content (AvgIpc) is 3.04. The van der Waals surface area contributed by atoms with E-state index in [9.17, 15) is 4.79 Å². The fraction of sp³-hybridized carbons (Fsp3) is 0.500. The number of thioether (sulfide) groups is 2. The van der Waals surface area contributed by atoms with Crippen molar-refractivity contribution in [1.29, 1.82) is 0 Å². The Labute approximate surface area is 162 Å². The highest BCUT2D eigenvalue weighted by Crippen LogP contribution is 2.31. The molecule has 2 rings (SSSR count). The molecule has 0 aliphatic rings. The lowest BCUT2D eigenvalue weighted by Crippen LogP contribution is -2.25. The summed E-state index contributed by atoms with van der Waals surface area (Å²) >= 11 is 4.68. The molecule has 1 N–H and O–H groups in total. The lowest BCUT2D eigenvalue weighted by Gasteiger charge is -2.19. The summed E-state index contributed by atoms with van der Waals surface area (Å²) in [6, 6.07) is 8.77. The Morgan fingerprint density at radius 1 is 1.12 bits per heavy atom. The predicted octanol–water partition coefficient (Wildman–Crippen LogP) is 4.75. The van der Waals surface area contributed by atoms with Gasteiger partial charge >= 0.3 is 0 Å². The topological polar surface area (TPSA) is 54.9 Å². The molecule has 0 saturated carbocycles. The molecule has 0 unspecified atom stereocenters. The summed E-state index contributed by atoms with van der Waals surface area (Å²) in [4.78, 5) is 11.6. The average molecular weight is 396 g/mol. The van der Waals surface area contributed by atoms with Crippen molar-refractivity contribution in [3.05, 3.63) is 35.4 Å². The maximum atomic E-state index is 11.6. The minimum absolute atomic E-state index is 0.0511. The molecular weight excluding hydrogens is 370 g/mol.